The first kappa shape index (κ1) is 7.91. The van der Waals surface area contributed by atoms with Crippen LogP contribution in [-0.4, -0.2) is 12.5 Å². The van der Waals surface area contributed by atoms with Gasteiger partial charge in [-0.05, 0) is 6.92 Å². The summed E-state index contributed by atoms with van der Waals surface area (Å²) in [5.41, 5.74) is 4.99. The minimum atomic E-state index is 0.468. The Balaban J connectivity index is 2.30. The van der Waals surface area contributed by atoms with Crippen LogP contribution in [0.4, 0.5) is 0 Å². The highest BCUT2D eigenvalue weighted by molar-refractivity contribution is 5.99. The first-order valence-corrected chi connectivity index (χ1v) is 4.11. The Morgan fingerprint density at radius 3 is 2.62 bits per heavy atom. The summed E-state index contributed by atoms with van der Waals surface area (Å²) in [5, 5.41) is 11.8. The van der Waals surface area contributed by atoms with Crippen LogP contribution in [0, 0.1) is 6.92 Å². The predicted octanol–water partition coefficient (Wildman–Crippen LogP) is 1.67. The zero-order chi connectivity index (χ0) is 9.10. The lowest BCUT2D eigenvalue weighted by Crippen LogP contribution is -2.14. The fourth-order valence-electron chi connectivity index (χ4n) is 1.09. The normalized spacial score (nSPS) is 15.0. The maximum absolute atomic E-state index is 4.04. The van der Waals surface area contributed by atoms with Crippen LogP contribution in [0.5, 0.6) is 0 Å². The van der Waals surface area contributed by atoms with Gasteiger partial charge in [0, 0.05) is 5.56 Å². The third kappa shape index (κ3) is 1.72. The van der Waals surface area contributed by atoms with E-state index in [9.17, 15) is 0 Å². The molecule has 0 radical (unpaired) electrons. The number of hydrogen-bond acceptors (Lipinski definition) is 4. The number of nitrogens with one attached hydrogen (secondary N) is 1. The highest BCUT2D eigenvalue weighted by atomic mass is 15.4. The molecule has 0 unspecified atom stereocenters. The first-order valence-electron chi connectivity index (χ1n) is 4.11. The van der Waals surface area contributed by atoms with Crippen molar-refractivity contribution in [1.29, 1.82) is 0 Å². The highest BCUT2D eigenvalue weighted by Gasteiger charge is 2.03. The summed E-state index contributed by atoms with van der Waals surface area (Å²) in [7, 11) is 0. The van der Waals surface area contributed by atoms with Gasteiger partial charge < -0.3 is 0 Å². The Kier molecular flexibility index (Phi) is 2.04. The van der Waals surface area contributed by atoms with Gasteiger partial charge in [0.25, 0.3) is 0 Å². The quantitative estimate of drug-likeness (QED) is 0.691. The van der Waals surface area contributed by atoms with Gasteiger partial charge >= 0.3 is 0 Å². The molecule has 0 bridgehead atoms. The zero-order valence-electron chi connectivity index (χ0n) is 7.36. The van der Waals surface area contributed by atoms with E-state index in [1.807, 2.05) is 31.2 Å². The number of nitrogens with zero attached hydrogens (tertiary/aromatic N) is 3. The van der Waals surface area contributed by atoms with E-state index in [-0.39, 0.29) is 0 Å². The summed E-state index contributed by atoms with van der Waals surface area (Å²) >= 11 is 0. The Hall–Kier alpha value is -1.71. The Labute approximate surface area is 76.4 Å². The van der Waals surface area contributed by atoms with Gasteiger partial charge in [-0.2, -0.15) is 10.2 Å². The van der Waals surface area contributed by atoms with Gasteiger partial charge in [0.05, 0.1) is 0 Å². The molecule has 1 aliphatic rings. The number of amidine groups is 1. The molecule has 66 valence electrons. The largest absolute Gasteiger partial charge is 0.285 e. The predicted molar refractivity (Wildman–Crippen MR) is 50.6 cm³/mol. The van der Waals surface area contributed by atoms with E-state index in [4.69, 9.17) is 0 Å². The van der Waals surface area contributed by atoms with E-state index >= 15 is 0 Å². The van der Waals surface area contributed by atoms with Gasteiger partial charge in [0.15, 0.2) is 5.84 Å². The molecule has 4 heteroatoms. The summed E-state index contributed by atoms with van der Waals surface area (Å²) in [6.07, 6.45) is 0. The number of azo groups is 1. The van der Waals surface area contributed by atoms with Crippen LogP contribution in [-0.2, 0) is 0 Å². The zero-order valence-corrected chi connectivity index (χ0v) is 7.36. The van der Waals surface area contributed by atoms with E-state index in [1.54, 1.807) is 0 Å². The lowest BCUT2D eigenvalue weighted by molar-refractivity contribution is 0.709. The van der Waals surface area contributed by atoms with Gasteiger partial charge in [-0.25, -0.2) is 0 Å². The van der Waals surface area contributed by atoms with Gasteiger partial charge in [-0.1, -0.05) is 29.8 Å². The number of aryl methyl sites for hydroxylation is 1. The fraction of sp³-hybridized carbons (Fsp3) is 0.222. The van der Waals surface area contributed by atoms with E-state index in [0.717, 1.165) is 5.56 Å². The number of benzene rings is 1. The van der Waals surface area contributed by atoms with Crippen molar-refractivity contribution >= 4 is 5.84 Å². The summed E-state index contributed by atoms with van der Waals surface area (Å²) in [6, 6.07) is 8.03. The smallest absolute Gasteiger partial charge is 0.200 e. The number of rotatable bonds is 1. The molecule has 0 saturated heterocycles. The molecular formula is C9H10N4. The van der Waals surface area contributed by atoms with Crippen LogP contribution in [0.1, 0.15) is 11.1 Å². The molecule has 0 aliphatic carbocycles. The molecule has 1 aromatic carbocycles. The van der Waals surface area contributed by atoms with Gasteiger partial charge in [0.1, 0.15) is 6.67 Å². The van der Waals surface area contributed by atoms with Crippen LogP contribution in [0.3, 0.4) is 0 Å². The van der Waals surface area contributed by atoms with Crippen molar-refractivity contribution in [2.24, 2.45) is 15.3 Å². The summed E-state index contributed by atoms with van der Waals surface area (Å²) in [5.74, 6) is 0.645. The maximum atomic E-state index is 4.04. The molecule has 1 N–H and O–H groups in total. The van der Waals surface area contributed by atoms with Crippen molar-refractivity contribution in [1.82, 2.24) is 5.43 Å². The van der Waals surface area contributed by atoms with E-state index in [1.165, 1.54) is 5.56 Å². The summed E-state index contributed by atoms with van der Waals surface area (Å²) < 4.78 is 0. The third-order valence-electron chi connectivity index (χ3n) is 1.80. The van der Waals surface area contributed by atoms with Crippen LogP contribution in [0.15, 0.2) is 39.6 Å². The molecule has 0 amide bonds. The van der Waals surface area contributed by atoms with Crippen molar-refractivity contribution in [3.05, 3.63) is 35.4 Å². The van der Waals surface area contributed by atoms with Crippen molar-refractivity contribution < 1.29 is 0 Å². The Morgan fingerprint density at radius 1 is 1.23 bits per heavy atom. The van der Waals surface area contributed by atoms with Gasteiger partial charge in [-0.3, -0.25) is 5.43 Å². The number of hydrazone groups is 1. The minimum Gasteiger partial charge on any atom is -0.285 e. The molecule has 13 heavy (non-hydrogen) atoms. The second kappa shape index (κ2) is 3.35. The molecule has 2 rings (SSSR count). The van der Waals surface area contributed by atoms with E-state index in [2.05, 4.69) is 20.8 Å². The van der Waals surface area contributed by atoms with E-state index < -0.39 is 0 Å². The van der Waals surface area contributed by atoms with Crippen LogP contribution < -0.4 is 5.43 Å². The topological polar surface area (TPSA) is 49.1 Å². The SMILES string of the molecule is Cc1ccc(C2=NNCN=N2)cc1. The lowest BCUT2D eigenvalue weighted by atomic mass is 10.1. The standard InChI is InChI=1S/C9H10N4/c1-7-2-4-8(5-3-7)9-12-10-6-11-13-9/h2-5,10H,6H2,1H3. The van der Waals surface area contributed by atoms with Gasteiger partial charge in [-0.15, -0.1) is 5.11 Å². The molecule has 0 saturated carbocycles. The molecule has 0 spiro atoms. The van der Waals surface area contributed by atoms with Crippen molar-refractivity contribution in [2.75, 3.05) is 6.67 Å². The van der Waals surface area contributed by atoms with Crippen LogP contribution in [0.2, 0.25) is 0 Å². The molecule has 0 aromatic heterocycles. The number of hydrogen-bond donors (Lipinski definition) is 1. The second-order valence-corrected chi connectivity index (χ2v) is 2.86. The van der Waals surface area contributed by atoms with Crippen LogP contribution in [0.25, 0.3) is 0 Å². The highest BCUT2D eigenvalue weighted by Crippen LogP contribution is 2.06. The third-order valence-corrected chi connectivity index (χ3v) is 1.80. The fourth-order valence-corrected chi connectivity index (χ4v) is 1.09. The van der Waals surface area contributed by atoms with Crippen molar-refractivity contribution in [3.8, 4) is 0 Å². The average molecular weight is 174 g/mol. The average Bonchev–Trinajstić information content (AvgIpc) is 2.20. The Bertz CT molecular complexity index is 350. The molecule has 0 fully saturated rings. The second-order valence-electron chi connectivity index (χ2n) is 2.86. The van der Waals surface area contributed by atoms with E-state index in [0.29, 0.717) is 12.5 Å². The van der Waals surface area contributed by atoms with Crippen LogP contribution >= 0.6 is 0 Å². The summed E-state index contributed by atoms with van der Waals surface area (Å²) in [6.45, 7) is 2.52. The Morgan fingerprint density at radius 2 is 2.00 bits per heavy atom. The molecule has 1 aromatic rings. The monoisotopic (exact) mass is 174 g/mol. The van der Waals surface area contributed by atoms with Gasteiger partial charge in [0.2, 0.25) is 0 Å². The lowest BCUT2D eigenvalue weighted by Gasteiger charge is -2.05. The first-order chi connectivity index (χ1) is 6.36. The van der Waals surface area contributed by atoms with Crippen molar-refractivity contribution in [3.63, 3.8) is 0 Å². The molecule has 1 heterocycles. The molecule has 1 aliphatic heterocycles. The maximum Gasteiger partial charge on any atom is 0.200 e. The summed E-state index contributed by atoms with van der Waals surface area (Å²) in [4.78, 5) is 0. The minimum absolute atomic E-state index is 0.468. The molecule has 4 nitrogen and oxygen atoms in total. The van der Waals surface area contributed by atoms with Crippen molar-refractivity contribution in [2.45, 2.75) is 6.92 Å². The molecular weight excluding hydrogens is 164 g/mol. The molecule has 0 atom stereocenters.